The summed E-state index contributed by atoms with van der Waals surface area (Å²) >= 11 is 5.89. The first-order chi connectivity index (χ1) is 12.0. The summed E-state index contributed by atoms with van der Waals surface area (Å²) in [6.45, 7) is 0. The van der Waals surface area contributed by atoms with Crippen LogP contribution in [0.1, 0.15) is 38.5 Å². The Morgan fingerprint density at radius 2 is 1.80 bits per heavy atom. The van der Waals surface area contributed by atoms with Crippen molar-refractivity contribution in [3.8, 4) is 11.4 Å². The Labute approximate surface area is 149 Å². The van der Waals surface area contributed by atoms with Gasteiger partial charge in [-0.25, -0.2) is 0 Å². The minimum Gasteiger partial charge on any atom is -0.258 e. The van der Waals surface area contributed by atoms with Crippen molar-refractivity contribution in [1.82, 2.24) is 20.2 Å². The fraction of sp³-hybridized carbons (Fsp3) is 0.588. The average molecular weight is 360 g/mol. The summed E-state index contributed by atoms with van der Waals surface area (Å²) in [5, 5.41) is 24.4. The predicted octanol–water partition coefficient (Wildman–Crippen LogP) is 3.83. The third kappa shape index (κ3) is 2.36. The van der Waals surface area contributed by atoms with Crippen LogP contribution < -0.4 is 0 Å². The second-order valence-electron chi connectivity index (χ2n) is 7.97. The number of rotatable bonds is 3. The lowest BCUT2D eigenvalue weighted by molar-refractivity contribution is -0.384. The quantitative estimate of drug-likeness (QED) is 0.614. The zero-order valence-electron chi connectivity index (χ0n) is 13.6. The molecule has 25 heavy (non-hydrogen) atoms. The number of nitrogens with zero attached hydrogens (tertiary/aromatic N) is 5. The lowest BCUT2D eigenvalue weighted by Crippen LogP contribution is -2.52. The van der Waals surface area contributed by atoms with Crippen molar-refractivity contribution >= 4 is 17.3 Å². The second-order valence-corrected chi connectivity index (χ2v) is 8.37. The smallest absolute Gasteiger partial charge is 0.258 e. The summed E-state index contributed by atoms with van der Waals surface area (Å²) in [6, 6.07) is 4.64. The van der Waals surface area contributed by atoms with Gasteiger partial charge < -0.3 is 0 Å². The Morgan fingerprint density at radius 3 is 2.40 bits per heavy atom. The molecular formula is C17H18ClN5O2. The number of aromatic nitrogens is 4. The number of hydrogen-bond acceptors (Lipinski definition) is 5. The molecule has 1 heterocycles. The van der Waals surface area contributed by atoms with Crippen LogP contribution in [0.25, 0.3) is 11.4 Å². The molecule has 0 unspecified atom stereocenters. The summed E-state index contributed by atoms with van der Waals surface area (Å²) in [4.78, 5) is 12.4. The number of nitro benzene ring substituents is 1. The van der Waals surface area contributed by atoms with E-state index >= 15 is 0 Å². The molecule has 4 aliphatic carbocycles. The largest absolute Gasteiger partial charge is 0.288 e. The zero-order chi connectivity index (χ0) is 17.2. The number of tetrazole rings is 1. The van der Waals surface area contributed by atoms with E-state index in [0.717, 1.165) is 37.0 Å². The number of nitro groups is 1. The normalized spacial score (nSPS) is 32.9. The Kier molecular flexibility index (Phi) is 3.20. The average Bonchev–Trinajstić information content (AvgIpc) is 3.04. The van der Waals surface area contributed by atoms with Crippen molar-refractivity contribution < 1.29 is 4.92 Å². The van der Waals surface area contributed by atoms with Crippen LogP contribution in [0.3, 0.4) is 0 Å². The fourth-order valence-corrected chi connectivity index (χ4v) is 5.82. The molecule has 4 aliphatic rings. The first-order valence-corrected chi connectivity index (χ1v) is 9.15. The molecule has 0 spiro atoms. The number of halogens is 1. The van der Waals surface area contributed by atoms with E-state index in [9.17, 15) is 10.1 Å². The molecule has 4 fully saturated rings. The molecule has 0 aliphatic heterocycles. The van der Waals surface area contributed by atoms with Gasteiger partial charge in [0.25, 0.3) is 5.69 Å². The molecular weight excluding hydrogens is 342 g/mol. The summed E-state index contributed by atoms with van der Waals surface area (Å²) in [7, 11) is 0. The highest BCUT2D eigenvalue weighted by atomic mass is 35.5. The van der Waals surface area contributed by atoms with E-state index in [1.54, 1.807) is 6.07 Å². The Bertz CT molecular complexity index is 829. The molecule has 4 saturated carbocycles. The van der Waals surface area contributed by atoms with Crippen molar-refractivity contribution in [2.24, 2.45) is 17.8 Å². The van der Waals surface area contributed by atoms with E-state index < -0.39 is 4.92 Å². The number of benzene rings is 1. The molecule has 4 bridgehead atoms. The third-order valence-electron chi connectivity index (χ3n) is 6.24. The standard InChI is InChI=1S/C17H18ClN5O2/c18-14-2-1-13(6-15(14)22(24)25)16-19-21-23(20-16)17-7-10-3-11(8-17)5-12(4-10)9-17/h1-2,6,10-12H,3-5,7-9H2. The summed E-state index contributed by atoms with van der Waals surface area (Å²) in [5.74, 6) is 2.79. The molecule has 8 heteroatoms. The highest BCUT2D eigenvalue weighted by Crippen LogP contribution is 2.58. The maximum absolute atomic E-state index is 11.1. The monoisotopic (exact) mass is 359 g/mol. The van der Waals surface area contributed by atoms with Crippen molar-refractivity contribution in [3.63, 3.8) is 0 Å². The molecule has 0 amide bonds. The van der Waals surface area contributed by atoms with Crippen LogP contribution in [0.2, 0.25) is 5.02 Å². The number of hydrogen-bond donors (Lipinski definition) is 0. The summed E-state index contributed by atoms with van der Waals surface area (Å²) in [5.41, 5.74) is 0.440. The molecule has 0 saturated heterocycles. The first-order valence-electron chi connectivity index (χ1n) is 8.77. The molecule has 1 aromatic heterocycles. The van der Waals surface area contributed by atoms with Crippen molar-refractivity contribution in [3.05, 3.63) is 33.3 Å². The van der Waals surface area contributed by atoms with Crippen LogP contribution in [-0.4, -0.2) is 25.1 Å². The Balaban J connectivity index is 1.50. The summed E-state index contributed by atoms with van der Waals surface area (Å²) < 4.78 is 0. The maximum Gasteiger partial charge on any atom is 0.288 e. The SMILES string of the molecule is O=[N+]([O-])c1cc(-c2nnn(C34CC5CC(CC(C5)C3)C4)n2)ccc1Cl. The van der Waals surface area contributed by atoms with Gasteiger partial charge in [0.15, 0.2) is 0 Å². The van der Waals surface area contributed by atoms with Gasteiger partial charge in [-0.15, -0.1) is 10.2 Å². The van der Waals surface area contributed by atoms with Gasteiger partial charge in [-0.1, -0.05) is 11.6 Å². The van der Waals surface area contributed by atoms with Crippen LogP contribution in [0, 0.1) is 27.9 Å². The van der Waals surface area contributed by atoms with Crippen LogP contribution in [0.4, 0.5) is 5.69 Å². The minimum absolute atomic E-state index is 0.00163. The summed E-state index contributed by atoms with van der Waals surface area (Å²) in [6.07, 6.45) is 7.46. The van der Waals surface area contributed by atoms with Crippen LogP contribution >= 0.6 is 11.6 Å². The van der Waals surface area contributed by atoms with Gasteiger partial charge in [0.1, 0.15) is 5.02 Å². The van der Waals surface area contributed by atoms with Gasteiger partial charge in [-0.3, -0.25) is 10.1 Å². The van der Waals surface area contributed by atoms with E-state index in [1.165, 1.54) is 31.4 Å². The molecule has 2 aromatic rings. The molecule has 7 nitrogen and oxygen atoms in total. The van der Waals surface area contributed by atoms with Gasteiger partial charge >= 0.3 is 0 Å². The van der Waals surface area contributed by atoms with Gasteiger partial charge in [0, 0.05) is 11.6 Å². The molecule has 130 valence electrons. The zero-order valence-corrected chi connectivity index (χ0v) is 14.4. The highest BCUT2D eigenvalue weighted by molar-refractivity contribution is 6.32. The second kappa shape index (κ2) is 5.24. The first kappa shape index (κ1) is 15.3. The van der Waals surface area contributed by atoms with Crippen molar-refractivity contribution in [2.45, 2.75) is 44.1 Å². The Morgan fingerprint density at radius 1 is 1.16 bits per heavy atom. The van der Waals surface area contributed by atoms with Gasteiger partial charge in [-0.05, 0) is 73.6 Å². The van der Waals surface area contributed by atoms with E-state index in [1.807, 2.05) is 4.80 Å². The molecule has 1 aromatic carbocycles. The lowest BCUT2D eigenvalue weighted by atomic mass is 9.53. The lowest BCUT2D eigenvalue weighted by Gasteiger charge is -2.55. The maximum atomic E-state index is 11.1. The topological polar surface area (TPSA) is 86.7 Å². The molecule has 0 atom stereocenters. The Hall–Kier alpha value is -2.02. The minimum atomic E-state index is -0.491. The van der Waals surface area contributed by atoms with Crippen molar-refractivity contribution in [2.75, 3.05) is 0 Å². The van der Waals surface area contributed by atoms with Crippen LogP contribution in [0.5, 0.6) is 0 Å². The van der Waals surface area contributed by atoms with E-state index in [2.05, 4.69) is 15.4 Å². The van der Waals surface area contributed by atoms with Crippen LogP contribution in [0.15, 0.2) is 18.2 Å². The fourth-order valence-electron chi connectivity index (χ4n) is 5.63. The molecule has 0 radical (unpaired) electrons. The van der Waals surface area contributed by atoms with Gasteiger partial charge in [0.2, 0.25) is 5.82 Å². The van der Waals surface area contributed by atoms with Crippen molar-refractivity contribution in [1.29, 1.82) is 0 Å². The van der Waals surface area contributed by atoms with E-state index in [4.69, 9.17) is 11.6 Å². The molecule has 6 rings (SSSR count). The van der Waals surface area contributed by atoms with Crippen LogP contribution in [-0.2, 0) is 5.54 Å². The van der Waals surface area contributed by atoms with E-state index in [-0.39, 0.29) is 16.2 Å². The third-order valence-corrected chi connectivity index (χ3v) is 6.56. The highest BCUT2D eigenvalue weighted by Gasteiger charge is 2.53. The molecule has 0 N–H and O–H groups in total. The van der Waals surface area contributed by atoms with Gasteiger partial charge in [0.05, 0.1) is 10.5 Å². The van der Waals surface area contributed by atoms with Gasteiger partial charge in [-0.2, -0.15) is 4.80 Å². The van der Waals surface area contributed by atoms with E-state index in [0.29, 0.717) is 11.4 Å². The predicted molar refractivity (Wildman–Crippen MR) is 91.1 cm³/mol.